The summed E-state index contributed by atoms with van der Waals surface area (Å²) in [6, 6.07) is 3.78. The molecule has 0 aromatic heterocycles. The number of benzene rings is 1. The highest BCUT2D eigenvalue weighted by Gasteiger charge is 2.05. The van der Waals surface area contributed by atoms with Crippen molar-refractivity contribution in [3.63, 3.8) is 0 Å². The molecule has 2 nitrogen and oxygen atoms in total. The van der Waals surface area contributed by atoms with E-state index >= 15 is 0 Å². The van der Waals surface area contributed by atoms with Gasteiger partial charge in [-0.15, -0.1) is 0 Å². The van der Waals surface area contributed by atoms with E-state index in [1.165, 1.54) is 12.1 Å². The number of nitrogens with one attached hydrogen (secondary N) is 1. The summed E-state index contributed by atoms with van der Waals surface area (Å²) in [4.78, 5) is 2.18. The predicted molar refractivity (Wildman–Crippen MR) is 70.7 cm³/mol. The van der Waals surface area contributed by atoms with Crippen LogP contribution in [0.4, 0.5) is 8.78 Å². The molecule has 0 heterocycles. The van der Waals surface area contributed by atoms with Gasteiger partial charge < -0.3 is 10.2 Å². The molecule has 0 radical (unpaired) electrons. The van der Waals surface area contributed by atoms with Gasteiger partial charge in [0.2, 0.25) is 0 Å². The Balaban J connectivity index is 2.27. The van der Waals surface area contributed by atoms with Crippen molar-refractivity contribution in [2.45, 2.75) is 19.3 Å². The standard InChI is InChI=1S/C14H22F2N2/c1-17-8-3-4-9-18(2)10-7-12-5-6-13(15)11-14(12)16/h5-6,11,17H,3-4,7-10H2,1-2H3. The highest BCUT2D eigenvalue weighted by atomic mass is 19.1. The molecule has 102 valence electrons. The molecule has 0 atom stereocenters. The van der Waals surface area contributed by atoms with Gasteiger partial charge in [-0.1, -0.05) is 6.07 Å². The lowest BCUT2D eigenvalue weighted by atomic mass is 10.1. The third-order valence-electron chi connectivity index (χ3n) is 2.99. The van der Waals surface area contributed by atoms with Crippen molar-refractivity contribution < 1.29 is 8.78 Å². The molecule has 0 saturated heterocycles. The number of hydrogen-bond acceptors (Lipinski definition) is 2. The lowest BCUT2D eigenvalue weighted by Crippen LogP contribution is -2.23. The molecule has 0 unspecified atom stereocenters. The third kappa shape index (κ3) is 5.56. The van der Waals surface area contributed by atoms with Gasteiger partial charge in [-0.3, -0.25) is 0 Å². The lowest BCUT2D eigenvalue weighted by Gasteiger charge is -2.16. The average Bonchev–Trinajstić information content (AvgIpc) is 2.33. The molecule has 0 aliphatic heterocycles. The Labute approximate surface area is 108 Å². The average molecular weight is 256 g/mol. The van der Waals surface area contributed by atoms with E-state index in [9.17, 15) is 8.78 Å². The second-order valence-corrected chi connectivity index (χ2v) is 4.60. The maximum atomic E-state index is 13.4. The summed E-state index contributed by atoms with van der Waals surface area (Å²) < 4.78 is 26.1. The topological polar surface area (TPSA) is 15.3 Å². The fraction of sp³-hybridized carbons (Fsp3) is 0.571. The van der Waals surface area contributed by atoms with Crippen molar-refractivity contribution in [1.29, 1.82) is 0 Å². The van der Waals surface area contributed by atoms with Crippen molar-refractivity contribution in [1.82, 2.24) is 10.2 Å². The van der Waals surface area contributed by atoms with Crippen LogP contribution < -0.4 is 5.32 Å². The second kappa shape index (κ2) is 8.16. The monoisotopic (exact) mass is 256 g/mol. The Kier molecular flexibility index (Phi) is 6.83. The molecule has 1 rings (SSSR count). The van der Waals surface area contributed by atoms with Crippen molar-refractivity contribution in [2.24, 2.45) is 0 Å². The van der Waals surface area contributed by atoms with Gasteiger partial charge in [-0.25, -0.2) is 8.78 Å². The molecular formula is C14H22F2N2. The highest BCUT2D eigenvalue weighted by Crippen LogP contribution is 2.10. The molecule has 0 spiro atoms. The number of likely N-dealkylation sites (N-methyl/N-ethyl adjacent to an activating group) is 1. The summed E-state index contributed by atoms with van der Waals surface area (Å²) in [5.74, 6) is -0.963. The van der Waals surface area contributed by atoms with Gasteiger partial charge in [0.1, 0.15) is 11.6 Å². The maximum Gasteiger partial charge on any atom is 0.129 e. The molecule has 0 aliphatic carbocycles. The minimum Gasteiger partial charge on any atom is -0.320 e. The Bertz CT molecular complexity index is 356. The largest absolute Gasteiger partial charge is 0.320 e. The molecule has 0 saturated carbocycles. The van der Waals surface area contributed by atoms with Gasteiger partial charge in [0.15, 0.2) is 0 Å². The molecule has 4 heteroatoms. The molecule has 1 N–H and O–H groups in total. The summed E-state index contributed by atoms with van der Waals surface area (Å²) in [5.41, 5.74) is 0.582. The van der Waals surface area contributed by atoms with E-state index in [0.717, 1.165) is 38.5 Å². The van der Waals surface area contributed by atoms with Crippen LogP contribution in [0.5, 0.6) is 0 Å². The van der Waals surface area contributed by atoms with Crippen LogP contribution in [-0.2, 0) is 6.42 Å². The Morgan fingerprint density at radius 3 is 2.61 bits per heavy atom. The van der Waals surface area contributed by atoms with E-state index in [-0.39, 0.29) is 0 Å². The molecule has 1 aromatic carbocycles. The van der Waals surface area contributed by atoms with Gasteiger partial charge in [-0.2, -0.15) is 0 Å². The minimum absolute atomic E-state index is 0.446. The first-order valence-electron chi connectivity index (χ1n) is 6.40. The zero-order valence-corrected chi connectivity index (χ0v) is 11.2. The van der Waals surface area contributed by atoms with Crippen molar-refractivity contribution in [2.75, 3.05) is 33.7 Å². The summed E-state index contributed by atoms with van der Waals surface area (Å²) in [6.45, 7) is 2.83. The quantitative estimate of drug-likeness (QED) is 0.719. The van der Waals surface area contributed by atoms with Gasteiger partial charge >= 0.3 is 0 Å². The van der Waals surface area contributed by atoms with Crippen LogP contribution >= 0.6 is 0 Å². The van der Waals surface area contributed by atoms with E-state index in [1.807, 2.05) is 14.1 Å². The smallest absolute Gasteiger partial charge is 0.129 e. The second-order valence-electron chi connectivity index (χ2n) is 4.60. The molecule has 0 fully saturated rings. The number of hydrogen-bond donors (Lipinski definition) is 1. The van der Waals surface area contributed by atoms with Crippen LogP contribution in [0.3, 0.4) is 0 Å². The van der Waals surface area contributed by atoms with Gasteiger partial charge in [0.25, 0.3) is 0 Å². The Morgan fingerprint density at radius 1 is 1.17 bits per heavy atom. The first-order chi connectivity index (χ1) is 8.63. The minimum atomic E-state index is -0.517. The van der Waals surface area contributed by atoms with Crippen molar-refractivity contribution >= 4 is 0 Å². The van der Waals surface area contributed by atoms with Crippen LogP contribution in [0.15, 0.2) is 18.2 Å². The van der Waals surface area contributed by atoms with E-state index in [4.69, 9.17) is 0 Å². The van der Waals surface area contributed by atoms with E-state index in [1.54, 1.807) is 0 Å². The Morgan fingerprint density at radius 2 is 1.94 bits per heavy atom. The summed E-state index contributed by atoms with van der Waals surface area (Å²) in [5, 5.41) is 3.11. The first kappa shape index (κ1) is 15.1. The first-order valence-corrected chi connectivity index (χ1v) is 6.40. The van der Waals surface area contributed by atoms with Crippen LogP contribution in [0.25, 0.3) is 0 Å². The maximum absolute atomic E-state index is 13.4. The van der Waals surface area contributed by atoms with Crippen LogP contribution in [0.2, 0.25) is 0 Å². The zero-order chi connectivity index (χ0) is 13.4. The molecule has 0 aliphatic rings. The van der Waals surface area contributed by atoms with Crippen LogP contribution in [0, 0.1) is 11.6 Å². The lowest BCUT2D eigenvalue weighted by molar-refractivity contribution is 0.328. The summed E-state index contributed by atoms with van der Waals surface area (Å²) in [6.07, 6.45) is 2.89. The summed E-state index contributed by atoms with van der Waals surface area (Å²) >= 11 is 0. The number of halogens is 2. The molecule has 1 aromatic rings. The fourth-order valence-corrected chi connectivity index (χ4v) is 1.83. The van der Waals surface area contributed by atoms with Crippen LogP contribution in [0.1, 0.15) is 18.4 Å². The molecule has 18 heavy (non-hydrogen) atoms. The van der Waals surface area contributed by atoms with Crippen LogP contribution in [-0.4, -0.2) is 38.6 Å². The van der Waals surface area contributed by atoms with E-state index in [2.05, 4.69) is 10.2 Å². The van der Waals surface area contributed by atoms with Crippen molar-refractivity contribution in [3.05, 3.63) is 35.4 Å². The molecule has 0 bridgehead atoms. The third-order valence-corrected chi connectivity index (χ3v) is 2.99. The summed E-state index contributed by atoms with van der Waals surface area (Å²) in [7, 11) is 3.97. The highest BCUT2D eigenvalue weighted by molar-refractivity contribution is 5.18. The predicted octanol–water partition coefficient (Wildman–Crippen LogP) is 2.44. The number of unbranched alkanes of at least 4 members (excludes halogenated alkanes) is 1. The molecule has 0 amide bonds. The normalized spacial score (nSPS) is 11.2. The number of rotatable bonds is 8. The van der Waals surface area contributed by atoms with Gasteiger partial charge in [0, 0.05) is 12.6 Å². The number of nitrogens with zero attached hydrogens (tertiary/aromatic N) is 1. The van der Waals surface area contributed by atoms with Gasteiger partial charge in [-0.05, 0) is 58.1 Å². The Hall–Kier alpha value is -1.00. The van der Waals surface area contributed by atoms with Crippen molar-refractivity contribution in [3.8, 4) is 0 Å². The SMILES string of the molecule is CNCCCCN(C)CCc1ccc(F)cc1F. The zero-order valence-electron chi connectivity index (χ0n) is 11.2. The van der Waals surface area contributed by atoms with E-state index in [0.29, 0.717) is 12.0 Å². The molecular weight excluding hydrogens is 234 g/mol. The van der Waals surface area contributed by atoms with Gasteiger partial charge in [0.05, 0.1) is 0 Å². The fourth-order valence-electron chi connectivity index (χ4n) is 1.83. The van der Waals surface area contributed by atoms with E-state index < -0.39 is 11.6 Å².